The highest BCUT2D eigenvalue weighted by atomic mass is 35.5. The fourth-order valence-corrected chi connectivity index (χ4v) is 3.72. The predicted molar refractivity (Wildman–Crippen MR) is 115 cm³/mol. The Labute approximate surface area is 172 Å². The highest BCUT2D eigenvalue weighted by Gasteiger charge is 2.12. The smallest absolute Gasteiger partial charge is 0.206 e. The van der Waals surface area contributed by atoms with Gasteiger partial charge in [-0.1, -0.05) is 35.4 Å². The Morgan fingerprint density at radius 1 is 1.19 bits per heavy atom. The summed E-state index contributed by atoms with van der Waals surface area (Å²) in [5.74, 6) is 0. The maximum Gasteiger partial charge on any atom is 0.206 e. The van der Waals surface area contributed by atoms with Crippen LogP contribution in [-0.4, -0.2) is 21.9 Å². The summed E-state index contributed by atoms with van der Waals surface area (Å²) in [5.41, 5.74) is 4.52. The van der Waals surface area contributed by atoms with Gasteiger partial charge in [0.15, 0.2) is 0 Å². The summed E-state index contributed by atoms with van der Waals surface area (Å²) in [6.45, 7) is 8.36. The quantitative estimate of drug-likeness (QED) is 0.390. The molecule has 0 aliphatic heterocycles. The van der Waals surface area contributed by atoms with Gasteiger partial charge in [0.2, 0.25) is 4.80 Å². The lowest BCUT2D eigenvalue weighted by Gasteiger charge is -2.08. The Morgan fingerprint density at radius 2 is 1.93 bits per heavy atom. The molecule has 0 bridgehead atoms. The van der Waals surface area contributed by atoms with Crippen molar-refractivity contribution >= 4 is 40.3 Å². The van der Waals surface area contributed by atoms with Crippen molar-refractivity contribution in [1.29, 1.82) is 0 Å². The van der Waals surface area contributed by atoms with Crippen molar-refractivity contribution < 1.29 is 0 Å². The molecule has 0 unspecified atom stereocenters. The highest BCUT2D eigenvalue weighted by molar-refractivity contribution is 7.07. The Balaban J connectivity index is 2.18. The van der Waals surface area contributed by atoms with Crippen LogP contribution in [0.25, 0.3) is 11.3 Å². The second kappa shape index (κ2) is 8.65. The zero-order chi connectivity index (χ0) is 19.4. The van der Waals surface area contributed by atoms with Crippen LogP contribution in [0.5, 0.6) is 0 Å². The predicted octanol–water partition coefficient (Wildman–Crippen LogP) is 5.67. The van der Waals surface area contributed by atoms with Crippen LogP contribution in [0, 0.1) is 0 Å². The van der Waals surface area contributed by atoms with E-state index in [0.717, 1.165) is 32.9 Å². The van der Waals surface area contributed by atoms with Gasteiger partial charge >= 0.3 is 0 Å². The Morgan fingerprint density at radius 3 is 2.59 bits per heavy atom. The maximum absolute atomic E-state index is 6.43. The largest absolute Gasteiger partial charge is 0.265 e. The van der Waals surface area contributed by atoms with Crippen LogP contribution in [0.3, 0.4) is 0 Å². The summed E-state index contributed by atoms with van der Waals surface area (Å²) in [6.07, 6.45) is 3.49. The van der Waals surface area contributed by atoms with Gasteiger partial charge < -0.3 is 0 Å². The second-order valence-corrected chi connectivity index (χ2v) is 7.71. The van der Waals surface area contributed by atoms with Crippen LogP contribution in [-0.2, 0) is 0 Å². The molecule has 0 atom stereocenters. The van der Waals surface area contributed by atoms with Gasteiger partial charge in [0.1, 0.15) is 0 Å². The number of nitrogens with zero attached hydrogens (tertiary/aromatic N) is 4. The first-order chi connectivity index (χ1) is 13.0. The molecule has 0 saturated carbocycles. The zero-order valence-corrected chi connectivity index (χ0v) is 17.3. The average Bonchev–Trinajstić information content (AvgIpc) is 3.03. The lowest BCUT2D eigenvalue weighted by Crippen LogP contribution is -2.15. The number of benzene rings is 1. The van der Waals surface area contributed by atoms with Gasteiger partial charge in [-0.05, 0) is 44.2 Å². The van der Waals surface area contributed by atoms with Gasteiger partial charge in [-0.15, -0.1) is 11.3 Å². The molecule has 0 N–H and O–H groups in total. The molecule has 0 aliphatic carbocycles. The van der Waals surface area contributed by atoms with Crippen LogP contribution in [0.1, 0.15) is 19.4 Å². The molecule has 2 aromatic heterocycles. The summed E-state index contributed by atoms with van der Waals surface area (Å²) in [6, 6.07) is 9.28. The number of thiazole rings is 1. The molecular weight excluding hydrogens is 399 g/mol. The molecule has 0 amide bonds. The van der Waals surface area contributed by atoms with E-state index in [9.17, 15) is 0 Å². The van der Waals surface area contributed by atoms with Crippen molar-refractivity contribution in [3.63, 3.8) is 0 Å². The van der Waals surface area contributed by atoms with Gasteiger partial charge in [-0.25, -0.2) is 4.68 Å². The molecule has 3 aromatic rings. The SMILES string of the molecule is C=C(C)CN=c1scc(-c2ccc(Cl)cc2Cl)n1N=C(C)c1ccncc1. The topological polar surface area (TPSA) is 42.5 Å². The lowest BCUT2D eigenvalue weighted by atomic mass is 10.2. The summed E-state index contributed by atoms with van der Waals surface area (Å²) in [7, 11) is 0. The molecule has 2 heterocycles. The summed E-state index contributed by atoms with van der Waals surface area (Å²) in [5, 5.41) is 7.96. The van der Waals surface area contributed by atoms with Gasteiger partial charge in [-0.3, -0.25) is 9.98 Å². The highest BCUT2D eigenvalue weighted by Crippen LogP contribution is 2.30. The van der Waals surface area contributed by atoms with Gasteiger partial charge in [0, 0.05) is 33.9 Å². The van der Waals surface area contributed by atoms with E-state index in [-0.39, 0.29) is 0 Å². The first-order valence-electron chi connectivity index (χ1n) is 8.22. The van der Waals surface area contributed by atoms with E-state index in [1.165, 1.54) is 11.3 Å². The number of hydrogen-bond acceptors (Lipinski definition) is 4. The molecule has 0 saturated heterocycles. The monoisotopic (exact) mass is 416 g/mol. The summed E-state index contributed by atoms with van der Waals surface area (Å²) >= 11 is 14.0. The molecular formula is C20H18Cl2N4S. The standard InChI is InChI=1S/C20H18Cl2N4S/c1-13(2)11-24-20-26(25-14(3)15-6-8-23-9-7-15)19(12-27-20)17-5-4-16(21)10-18(17)22/h4-10,12H,1,11H2,2-3H3. The van der Waals surface area contributed by atoms with Crippen molar-refractivity contribution in [2.24, 2.45) is 10.1 Å². The van der Waals surface area contributed by atoms with Crippen molar-refractivity contribution in [1.82, 2.24) is 9.66 Å². The number of rotatable bonds is 5. The van der Waals surface area contributed by atoms with E-state index in [4.69, 9.17) is 28.3 Å². The van der Waals surface area contributed by atoms with E-state index >= 15 is 0 Å². The van der Waals surface area contributed by atoms with Crippen LogP contribution < -0.4 is 4.80 Å². The normalized spacial score (nSPS) is 12.4. The minimum atomic E-state index is 0.540. The first-order valence-corrected chi connectivity index (χ1v) is 9.86. The van der Waals surface area contributed by atoms with Gasteiger partial charge in [-0.2, -0.15) is 5.10 Å². The third kappa shape index (κ3) is 4.75. The van der Waals surface area contributed by atoms with Crippen molar-refractivity contribution in [2.75, 3.05) is 6.54 Å². The molecule has 4 nitrogen and oxygen atoms in total. The average molecular weight is 417 g/mol. The van der Waals surface area contributed by atoms with Crippen molar-refractivity contribution in [2.45, 2.75) is 13.8 Å². The zero-order valence-electron chi connectivity index (χ0n) is 15.0. The third-order valence-corrected chi connectivity index (χ3v) is 5.13. The molecule has 1 aromatic carbocycles. The Hall–Kier alpha value is -2.21. The molecule has 7 heteroatoms. The molecule has 3 rings (SSSR count). The van der Waals surface area contributed by atoms with E-state index in [1.807, 2.05) is 48.2 Å². The lowest BCUT2D eigenvalue weighted by molar-refractivity contribution is 0.830. The fraction of sp³-hybridized carbons (Fsp3) is 0.150. The van der Waals surface area contributed by atoms with E-state index in [1.54, 1.807) is 18.5 Å². The fourth-order valence-electron chi connectivity index (χ4n) is 2.39. The minimum Gasteiger partial charge on any atom is -0.265 e. The van der Waals surface area contributed by atoms with Gasteiger partial charge in [0.05, 0.1) is 23.0 Å². The third-order valence-electron chi connectivity index (χ3n) is 3.72. The molecule has 138 valence electrons. The molecule has 0 radical (unpaired) electrons. The molecule has 27 heavy (non-hydrogen) atoms. The summed E-state index contributed by atoms with van der Waals surface area (Å²) in [4.78, 5) is 9.47. The second-order valence-electron chi connectivity index (χ2n) is 6.03. The Kier molecular flexibility index (Phi) is 6.26. The number of pyridine rings is 1. The van der Waals surface area contributed by atoms with E-state index in [0.29, 0.717) is 16.6 Å². The van der Waals surface area contributed by atoms with Crippen LogP contribution in [0.4, 0.5) is 0 Å². The first kappa shape index (κ1) is 19.5. The van der Waals surface area contributed by atoms with Crippen LogP contribution >= 0.6 is 34.5 Å². The molecule has 0 spiro atoms. The molecule has 0 aliphatic rings. The van der Waals surface area contributed by atoms with Gasteiger partial charge in [0.25, 0.3) is 0 Å². The number of aromatic nitrogens is 2. The number of hydrogen-bond donors (Lipinski definition) is 0. The maximum atomic E-state index is 6.43. The Bertz CT molecular complexity index is 1070. The van der Waals surface area contributed by atoms with Crippen LogP contribution in [0.2, 0.25) is 10.0 Å². The van der Waals surface area contributed by atoms with E-state index < -0.39 is 0 Å². The minimum absolute atomic E-state index is 0.540. The van der Waals surface area contributed by atoms with Crippen molar-refractivity contribution in [3.8, 4) is 11.3 Å². The summed E-state index contributed by atoms with van der Waals surface area (Å²) < 4.78 is 1.82. The van der Waals surface area contributed by atoms with Crippen LogP contribution in [0.15, 0.2) is 70.4 Å². The van der Waals surface area contributed by atoms with E-state index in [2.05, 4.69) is 16.6 Å². The molecule has 0 fully saturated rings. The number of halogens is 2. The van der Waals surface area contributed by atoms with Crippen molar-refractivity contribution in [3.05, 3.63) is 80.7 Å².